The Morgan fingerprint density at radius 2 is 1.91 bits per heavy atom. The van der Waals surface area contributed by atoms with Gasteiger partial charge in [0.2, 0.25) is 11.8 Å². The number of allylic oxidation sites excluding steroid dienone is 1. The van der Waals surface area contributed by atoms with Crippen molar-refractivity contribution in [2.75, 3.05) is 12.0 Å². The molecule has 0 radical (unpaired) electrons. The van der Waals surface area contributed by atoms with Crippen molar-refractivity contribution >= 4 is 29.3 Å². The highest BCUT2D eigenvalue weighted by atomic mass is 16.5. The van der Waals surface area contributed by atoms with Gasteiger partial charge in [-0.1, -0.05) is 42.5 Å². The Labute approximate surface area is 186 Å². The van der Waals surface area contributed by atoms with E-state index in [9.17, 15) is 19.2 Å². The highest BCUT2D eigenvalue weighted by Gasteiger charge is 2.45. The number of ether oxygens (including phenoxy) is 1. The molecule has 1 heterocycles. The van der Waals surface area contributed by atoms with Crippen LogP contribution in [0.2, 0.25) is 0 Å². The molecule has 1 aliphatic rings. The first-order chi connectivity index (χ1) is 15.3. The average Bonchev–Trinajstić information content (AvgIpc) is 3.06. The predicted octanol–water partition coefficient (Wildman–Crippen LogP) is 2.31. The van der Waals surface area contributed by atoms with Crippen LogP contribution in [-0.2, 0) is 25.6 Å². The first-order valence-electron chi connectivity index (χ1n) is 10.2. The Kier molecular flexibility index (Phi) is 7.04. The topological polar surface area (TPSA) is 96.0 Å². The molecule has 0 aromatic heterocycles. The summed E-state index contributed by atoms with van der Waals surface area (Å²) in [4.78, 5) is 52.4. The Morgan fingerprint density at radius 3 is 2.56 bits per heavy atom. The second-order valence-electron chi connectivity index (χ2n) is 7.37. The van der Waals surface area contributed by atoms with Gasteiger partial charge >= 0.3 is 0 Å². The van der Waals surface area contributed by atoms with Crippen LogP contribution in [0.4, 0.5) is 5.69 Å². The van der Waals surface area contributed by atoms with Crippen LogP contribution >= 0.6 is 0 Å². The van der Waals surface area contributed by atoms with E-state index in [1.54, 1.807) is 49.4 Å². The fourth-order valence-corrected chi connectivity index (χ4v) is 3.51. The third kappa shape index (κ3) is 4.85. The van der Waals surface area contributed by atoms with Gasteiger partial charge in [-0.25, -0.2) is 9.91 Å². The molecule has 8 heteroatoms. The van der Waals surface area contributed by atoms with Gasteiger partial charge in [-0.05, 0) is 37.1 Å². The van der Waals surface area contributed by atoms with Gasteiger partial charge in [-0.15, -0.1) is 0 Å². The molecule has 166 valence electrons. The van der Waals surface area contributed by atoms with Crippen molar-refractivity contribution in [3.63, 3.8) is 0 Å². The molecule has 1 fully saturated rings. The van der Waals surface area contributed by atoms with E-state index in [1.165, 1.54) is 19.3 Å². The summed E-state index contributed by atoms with van der Waals surface area (Å²) in [5.74, 6) is -1.81. The maximum atomic E-state index is 13.3. The van der Waals surface area contributed by atoms with E-state index >= 15 is 0 Å². The molecule has 4 amide bonds. The summed E-state index contributed by atoms with van der Waals surface area (Å²) in [6, 6.07) is 13.0. The number of carbonyl (C=O) groups excluding carboxylic acids is 4. The molecular weight excluding hydrogens is 410 g/mol. The van der Waals surface area contributed by atoms with Gasteiger partial charge in [0.15, 0.2) is 0 Å². The van der Waals surface area contributed by atoms with Crippen LogP contribution in [0.5, 0.6) is 5.75 Å². The van der Waals surface area contributed by atoms with Gasteiger partial charge in [0, 0.05) is 6.08 Å². The molecule has 32 heavy (non-hydrogen) atoms. The van der Waals surface area contributed by atoms with Crippen molar-refractivity contribution in [3.05, 3.63) is 71.8 Å². The lowest BCUT2D eigenvalue weighted by Crippen LogP contribution is -2.54. The smallest absolute Gasteiger partial charge is 0.265 e. The predicted molar refractivity (Wildman–Crippen MR) is 119 cm³/mol. The minimum Gasteiger partial charge on any atom is -0.495 e. The van der Waals surface area contributed by atoms with Crippen molar-refractivity contribution in [2.45, 2.75) is 32.7 Å². The van der Waals surface area contributed by atoms with E-state index in [4.69, 9.17) is 4.74 Å². The first kappa shape index (κ1) is 22.7. The van der Waals surface area contributed by atoms with Gasteiger partial charge in [0.1, 0.15) is 11.8 Å². The van der Waals surface area contributed by atoms with Gasteiger partial charge < -0.3 is 4.74 Å². The zero-order valence-electron chi connectivity index (χ0n) is 18.2. The van der Waals surface area contributed by atoms with Crippen molar-refractivity contribution in [3.8, 4) is 5.75 Å². The number of hydrogen-bond acceptors (Lipinski definition) is 5. The van der Waals surface area contributed by atoms with Crippen LogP contribution in [0, 0.1) is 6.92 Å². The molecule has 1 saturated heterocycles. The van der Waals surface area contributed by atoms with Gasteiger partial charge in [-0.2, -0.15) is 0 Å². The molecule has 1 aliphatic heterocycles. The molecule has 0 spiro atoms. The summed E-state index contributed by atoms with van der Waals surface area (Å²) in [5.41, 5.74) is 4.41. The highest BCUT2D eigenvalue weighted by molar-refractivity contribution is 6.23. The largest absolute Gasteiger partial charge is 0.495 e. The van der Waals surface area contributed by atoms with Gasteiger partial charge in [-0.3, -0.25) is 24.6 Å². The van der Waals surface area contributed by atoms with E-state index in [0.29, 0.717) is 11.4 Å². The number of imide groups is 1. The van der Waals surface area contributed by atoms with Gasteiger partial charge in [0.05, 0.1) is 25.6 Å². The number of nitrogens with zero attached hydrogens (tertiary/aromatic N) is 2. The van der Waals surface area contributed by atoms with E-state index in [0.717, 1.165) is 21.0 Å². The fourth-order valence-electron chi connectivity index (χ4n) is 3.51. The second kappa shape index (κ2) is 9.91. The van der Waals surface area contributed by atoms with Crippen LogP contribution < -0.4 is 15.1 Å². The lowest BCUT2D eigenvalue weighted by molar-refractivity contribution is -0.143. The minimum atomic E-state index is -1.17. The Bertz CT molecular complexity index is 1060. The Balaban J connectivity index is 1.88. The number of nitrogens with one attached hydrogen (secondary N) is 1. The third-order valence-corrected chi connectivity index (χ3v) is 5.01. The lowest BCUT2D eigenvalue weighted by atomic mass is 10.1. The molecule has 3 rings (SSSR count). The quantitative estimate of drug-likeness (QED) is 0.427. The van der Waals surface area contributed by atoms with Crippen molar-refractivity contribution in [1.29, 1.82) is 0 Å². The van der Waals surface area contributed by atoms with Crippen LogP contribution in [0.1, 0.15) is 24.5 Å². The highest BCUT2D eigenvalue weighted by Crippen LogP contribution is 2.34. The van der Waals surface area contributed by atoms with Crippen LogP contribution in [0.15, 0.2) is 60.7 Å². The number of carbonyl (C=O) groups is 4. The fraction of sp³-hybridized carbons (Fsp3) is 0.250. The van der Waals surface area contributed by atoms with Gasteiger partial charge in [0.25, 0.3) is 11.8 Å². The molecular formula is C24H25N3O5. The van der Waals surface area contributed by atoms with E-state index in [-0.39, 0.29) is 12.8 Å². The number of anilines is 1. The Morgan fingerprint density at radius 1 is 1.19 bits per heavy atom. The lowest BCUT2D eigenvalue weighted by Gasteiger charge is -2.27. The number of aryl methyl sites for hydroxylation is 1. The first-order valence-corrected chi connectivity index (χ1v) is 10.2. The standard InChI is InChI=1S/C24H25N3O5/c1-4-8-22(29)27(25-21(28)14-17-9-6-5-7-10-17)19-15-23(30)26(24(19)31)18-13-16(2)11-12-20(18)32-3/h4-13,19H,14-15H2,1-3H3,(H,25,28). The zero-order valence-corrected chi connectivity index (χ0v) is 18.2. The normalized spacial score (nSPS) is 15.8. The van der Waals surface area contributed by atoms with Crippen LogP contribution in [-0.4, -0.2) is 41.8 Å². The maximum Gasteiger partial charge on any atom is 0.265 e. The molecule has 1 N–H and O–H groups in total. The molecule has 2 aromatic rings. The number of hydrazine groups is 1. The van der Waals surface area contributed by atoms with Crippen molar-refractivity contribution in [1.82, 2.24) is 10.4 Å². The zero-order chi connectivity index (χ0) is 23.3. The Hall–Kier alpha value is -3.94. The SMILES string of the molecule is CC=CC(=O)N(NC(=O)Cc1ccccc1)C1CC(=O)N(c2cc(C)ccc2OC)C1=O. The maximum absolute atomic E-state index is 13.3. The van der Waals surface area contributed by atoms with E-state index in [2.05, 4.69) is 5.43 Å². The summed E-state index contributed by atoms with van der Waals surface area (Å²) in [6.45, 7) is 3.48. The number of hydrogen-bond donors (Lipinski definition) is 1. The van der Waals surface area contributed by atoms with E-state index < -0.39 is 29.7 Å². The second-order valence-corrected chi connectivity index (χ2v) is 7.37. The summed E-state index contributed by atoms with van der Waals surface area (Å²) in [6.07, 6.45) is 2.49. The number of amides is 4. The molecule has 0 saturated carbocycles. The molecule has 0 bridgehead atoms. The molecule has 1 atom stereocenters. The number of benzene rings is 2. The molecule has 1 unspecified atom stereocenters. The van der Waals surface area contributed by atoms with Crippen molar-refractivity contribution < 1.29 is 23.9 Å². The molecule has 2 aromatic carbocycles. The summed E-state index contributed by atoms with van der Waals surface area (Å²) in [7, 11) is 1.45. The van der Waals surface area contributed by atoms with Crippen LogP contribution in [0.3, 0.4) is 0 Å². The number of rotatable bonds is 6. The molecule has 0 aliphatic carbocycles. The summed E-state index contributed by atoms with van der Waals surface area (Å²) in [5, 5.41) is 0.938. The number of methoxy groups -OCH3 is 1. The summed E-state index contributed by atoms with van der Waals surface area (Å²) >= 11 is 0. The minimum absolute atomic E-state index is 0.0186. The third-order valence-electron chi connectivity index (χ3n) is 5.01. The monoisotopic (exact) mass is 435 g/mol. The average molecular weight is 435 g/mol. The van der Waals surface area contributed by atoms with Crippen molar-refractivity contribution in [2.24, 2.45) is 0 Å². The molecule has 8 nitrogen and oxygen atoms in total. The van der Waals surface area contributed by atoms with E-state index in [1.807, 2.05) is 13.0 Å². The summed E-state index contributed by atoms with van der Waals surface area (Å²) < 4.78 is 5.31. The van der Waals surface area contributed by atoms with Crippen LogP contribution in [0.25, 0.3) is 0 Å².